The topological polar surface area (TPSA) is 75.4 Å². The van der Waals surface area contributed by atoms with Crippen LogP contribution in [-0.4, -0.2) is 22.6 Å². The molecule has 1 aromatic heterocycles. The van der Waals surface area contributed by atoms with Gasteiger partial charge in [0.05, 0.1) is 0 Å². The monoisotopic (exact) mass is 290 g/mol. The number of hydrogen-bond acceptors (Lipinski definition) is 4. The lowest BCUT2D eigenvalue weighted by molar-refractivity contribution is -0.137. The molecule has 0 amide bonds. The van der Waals surface area contributed by atoms with Gasteiger partial charge in [-0.3, -0.25) is 4.79 Å². The van der Waals surface area contributed by atoms with Crippen molar-refractivity contribution in [3.63, 3.8) is 0 Å². The van der Waals surface area contributed by atoms with Crippen LogP contribution >= 0.6 is 0 Å². The van der Waals surface area contributed by atoms with Crippen molar-refractivity contribution in [1.82, 2.24) is 4.98 Å². The van der Waals surface area contributed by atoms with E-state index < -0.39 is 5.97 Å². The van der Waals surface area contributed by atoms with Crippen molar-refractivity contribution in [3.8, 4) is 0 Å². The van der Waals surface area contributed by atoms with E-state index >= 15 is 0 Å². The Hall–Kier alpha value is -2.04. The molecule has 21 heavy (non-hydrogen) atoms. The zero-order valence-corrected chi connectivity index (χ0v) is 12.3. The number of oxazole rings is 1. The standard InChI is InChI=1S/C16H22N2O3/c1-2-5-12(8-9-15(19)20)10-11-17-16-18-13-6-3-4-7-14(13)21-16/h3-4,6-7,12H,2,5,8-11H2,1H3,(H,17,18)(H,19,20). The summed E-state index contributed by atoms with van der Waals surface area (Å²) in [6, 6.07) is 8.18. The molecule has 0 aliphatic heterocycles. The molecule has 5 nitrogen and oxygen atoms in total. The predicted octanol–water partition coefficient (Wildman–Crippen LogP) is 3.91. The Balaban J connectivity index is 1.81. The van der Waals surface area contributed by atoms with Crippen LogP contribution in [0.4, 0.5) is 6.01 Å². The van der Waals surface area contributed by atoms with Crippen LogP contribution in [0.1, 0.15) is 39.0 Å². The first kappa shape index (κ1) is 15.4. The van der Waals surface area contributed by atoms with Crippen LogP contribution < -0.4 is 5.32 Å². The quantitative estimate of drug-likeness (QED) is 0.732. The number of carboxylic acid groups (broad SMARTS) is 1. The Labute approximate surface area is 124 Å². The molecule has 0 fully saturated rings. The van der Waals surface area contributed by atoms with E-state index in [4.69, 9.17) is 9.52 Å². The van der Waals surface area contributed by atoms with Gasteiger partial charge < -0.3 is 14.8 Å². The minimum atomic E-state index is -0.719. The second kappa shape index (κ2) is 7.67. The summed E-state index contributed by atoms with van der Waals surface area (Å²) in [5.74, 6) is -0.286. The van der Waals surface area contributed by atoms with E-state index in [2.05, 4.69) is 17.2 Å². The van der Waals surface area contributed by atoms with Crippen LogP contribution in [0, 0.1) is 5.92 Å². The van der Waals surface area contributed by atoms with Crippen LogP contribution in [0.5, 0.6) is 0 Å². The van der Waals surface area contributed by atoms with E-state index in [0.717, 1.165) is 43.3 Å². The van der Waals surface area contributed by atoms with Gasteiger partial charge in [0.1, 0.15) is 5.52 Å². The zero-order valence-electron chi connectivity index (χ0n) is 12.3. The normalized spacial score (nSPS) is 12.4. The lowest BCUT2D eigenvalue weighted by Gasteiger charge is -2.14. The molecule has 0 spiro atoms. The molecule has 0 saturated carbocycles. The van der Waals surface area contributed by atoms with Crippen molar-refractivity contribution < 1.29 is 14.3 Å². The third kappa shape index (κ3) is 4.77. The van der Waals surface area contributed by atoms with Gasteiger partial charge in [-0.15, -0.1) is 0 Å². The number of para-hydroxylation sites is 2. The lowest BCUT2D eigenvalue weighted by atomic mass is 9.94. The maximum absolute atomic E-state index is 10.7. The van der Waals surface area contributed by atoms with E-state index in [1.807, 2.05) is 24.3 Å². The Morgan fingerprint density at radius 3 is 2.86 bits per heavy atom. The third-order valence-electron chi connectivity index (χ3n) is 3.59. The van der Waals surface area contributed by atoms with Crippen LogP contribution in [0.2, 0.25) is 0 Å². The summed E-state index contributed by atoms with van der Waals surface area (Å²) >= 11 is 0. The first-order valence-electron chi connectivity index (χ1n) is 7.50. The van der Waals surface area contributed by atoms with Crippen molar-refractivity contribution in [1.29, 1.82) is 0 Å². The molecule has 1 atom stereocenters. The minimum Gasteiger partial charge on any atom is -0.481 e. The molecule has 0 bridgehead atoms. The van der Waals surface area contributed by atoms with Crippen LogP contribution in [0.3, 0.4) is 0 Å². The minimum absolute atomic E-state index is 0.244. The number of rotatable bonds is 9. The predicted molar refractivity (Wildman–Crippen MR) is 82.4 cm³/mol. The number of aromatic nitrogens is 1. The molecule has 114 valence electrons. The van der Waals surface area contributed by atoms with Gasteiger partial charge in [0.25, 0.3) is 6.01 Å². The SMILES string of the molecule is CCCC(CCNc1nc2ccccc2o1)CCC(=O)O. The van der Waals surface area contributed by atoms with E-state index in [1.165, 1.54) is 0 Å². The summed E-state index contributed by atoms with van der Waals surface area (Å²) in [5.41, 5.74) is 1.62. The molecule has 5 heteroatoms. The third-order valence-corrected chi connectivity index (χ3v) is 3.59. The van der Waals surface area contributed by atoms with E-state index in [0.29, 0.717) is 11.9 Å². The molecule has 0 aliphatic carbocycles. The first-order chi connectivity index (χ1) is 10.2. The molecular weight excluding hydrogens is 268 g/mol. The molecular formula is C16H22N2O3. The van der Waals surface area contributed by atoms with Gasteiger partial charge >= 0.3 is 5.97 Å². The van der Waals surface area contributed by atoms with Gasteiger partial charge in [0.15, 0.2) is 5.58 Å². The van der Waals surface area contributed by atoms with Crippen molar-refractivity contribution in [2.24, 2.45) is 5.92 Å². The molecule has 1 unspecified atom stereocenters. The number of fused-ring (bicyclic) bond motifs is 1. The summed E-state index contributed by atoms with van der Waals surface area (Å²) in [5, 5.41) is 12.0. The molecule has 1 aromatic carbocycles. The highest BCUT2D eigenvalue weighted by atomic mass is 16.4. The molecule has 1 heterocycles. The fourth-order valence-corrected chi connectivity index (χ4v) is 2.50. The summed E-state index contributed by atoms with van der Waals surface area (Å²) in [6.45, 7) is 2.87. The molecule has 2 aromatic rings. The van der Waals surface area contributed by atoms with Crippen molar-refractivity contribution in [2.75, 3.05) is 11.9 Å². The van der Waals surface area contributed by atoms with Crippen molar-refractivity contribution in [3.05, 3.63) is 24.3 Å². The summed E-state index contributed by atoms with van der Waals surface area (Å²) in [4.78, 5) is 15.0. The Kier molecular flexibility index (Phi) is 5.60. The second-order valence-corrected chi connectivity index (χ2v) is 5.29. The number of carboxylic acids is 1. The van der Waals surface area contributed by atoms with Gasteiger partial charge in [-0.05, 0) is 30.9 Å². The van der Waals surface area contributed by atoms with E-state index in [-0.39, 0.29) is 6.42 Å². The zero-order chi connectivity index (χ0) is 15.1. The van der Waals surface area contributed by atoms with Crippen LogP contribution in [0.25, 0.3) is 11.1 Å². The number of aliphatic carboxylic acids is 1. The largest absolute Gasteiger partial charge is 0.481 e. The van der Waals surface area contributed by atoms with E-state index in [1.54, 1.807) is 0 Å². The maximum Gasteiger partial charge on any atom is 0.303 e. The van der Waals surface area contributed by atoms with Crippen molar-refractivity contribution >= 4 is 23.1 Å². The van der Waals surface area contributed by atoms with Crippen molar-refractivity contribution in [2.45, 2.75) is 39.0 Å². The Morgan fingerprint density at radius 2 is 2.14 bits per heavy atom. The number of benzene rings is 1. The number of carbonyl (C=O) groups is 1. The first-order valence-corrected chi connectivity index (χ1v) is 7.50. The number of anilines is 1. The van der Waals surface area contributed by atoms with Gasteiger partial charge in [-0.1, -0.05) is 31.9 Å². The van der Waals surface area contributed by atoms with E-state index in [9.17, 15) is 4.79 Å². The summed E-state index contributed by atoms with van der Waals surface area (Å²) in [7, 11) is 0. The molecule has 0 aliphatic rings. The highest BCUT2D eigenvalue weighted by molar-refractivity contribution is 5.74. The molecule has 2 N–H and O–H groups in total. The van der Waals surface area contributed by atoms with Gasteiger partial charge in [0, 0.05) is 13.0 Å². The maximum atomic E-state index is 10.7. The highest BCUT2D eigenvalue weighted by Gasteiger charge is 2.11. The molecule has 2 rings (SSSR count). The Morgan fingerprint density at radius 1 is 1.33 bits per heavy atom. The molecule has 0 saturated heterocycles. The van der Waals surface area contributed by atoms with Crippen LogP contribution in [0.15, 0.2) is 28.7 Å². The van der Waals surface area contributed by atoms with Gasteiger partial charge in [-0.2, -0.15) is 4.98 Å². The average Bonchev–Trinajstić information content (AvgIpc) is 2.87. The number of nitrogens with one attached hydrogen (secondary N) is 1. The second-order valence-electron chi connectivity index (χ2n) is 5.29. The number of nitrogens with zero attached hydrogens (tertiary/aromatic N) is 1. The fourth-order valence-electron chi connectivity index (χ4n) is 2.50. The summed E-state index contributed by atoms with van der Waals surface area (Å²) < 4.78 is 5.59. The number of hydrogen-bond donors (Lipinski definition) is 2. The highest BCUT2D eigenvalue weighted by Crippen LogP contribution is 2.20. The van der Waals surface area contributed by atoms with Gasteiger partial charge in [-0.25, -0.2) is 0 Å². The fraction of sp³-hybridized carbons (Fsp3) is 0.500. The molecule has 0 radical (unpaired) electrons. The average molecular weight is 290 g/mol. The van der Waals surface area contributed by atoms with Crippen LogP contribution in [-0.2, 0) is 4.79 Å². The smallest absolute Gasteiger partial charge is 0.303 e. The lowest BCUT2D eigenvalue weighted by Crippen LogP contribution is -2.11. The van der Waals surface area contributed by atoms with Gasteiger partial charge in [0.2, 0.25) is 0 Å². The summed E-state index contributed by atoms with van der Waals surface area (Å²) in [6.07, 6.45) is 4.04. The Bertz CT molecular complexity index is 547.